The number of aromatic amines is 2. The summed E-state index contributed by atoms with van der Waals surface area (Å²) in [5, 5.41) is 21.9. The molecule has 0 amide bonds. The Hall–Kier alpha value is -2.59. The maximum atomic E-state index is 12.7. The van der Waals surface area contributed by atoms with Crippen LogP contribution < -0.4 is 22.6 Å². The third-order valence-electron chi connectivity index (χ3n) is 11.3. The number of anilines is 2. The van der Waals surface area contributed by atoms with Gasteiger partial charge in [-0.3, -0.25) is 28.7 Å². The molecule has 25 heteroatoms. The summed E-state index contributed by atoms with van der Waals surface area (Å²) in [5.74, 6) is -0.246. The summed E-state index contributed by atoms with van der Waals surface area (Å²) in [6.07, 6.45) is -5.49. The first-order chi connectivity index (χ1) is 26.2. The molecule has 6 rings (SSSR count). The fraction of sp³-hybridized carbons (Fsp3) is 0.688. The van der Waals surface area contributed by atoms with Crippen molar-refractivity contribution in [3.63, 3.8) is 0 Å². The molecule has 6 heterocycles. The first-order valence-corrected chi connectivity index (χ1v) is 27.8. The molecule has 9 unspecified atom stereocenters. The maximum Gasteiger partial charge on any atom is 0.280 e. The molecule has 2 fully saturated rings. The number of fused-ring (bicyclic) bond motifs is 2. The second kappa shape index (κ2) is 15.5. The SMILES string of the molecule is CC(C)(C)[Si](C)(C)OC1C(O)C(COP(=S)([S-])OC2C(CO)OC(n3cnc4c(=O)[nH]c(N)nc43)C2O[Si](C)(C)C(C)(C)C)OC1n1cnc2c(=O)[nH]c(N)nc21. The molecule has 0 aromatic carbocycles. The minimum Gasteiger partial charge on any atom is -0.691 e. The number of aliphatic hydroxyl groups is 2. The van der Waals surface area contributed by atoms with Crippen molar-refractivity contribution in [2.45, 2.75) is 127 Å². The van der Waals surface area contributed by atoms with E-state index in [9.17, 15) is 19.8 Å². The molecule has 9 atom stereocenters. The molecule has 0 radical (unpaired) electrons. The predicted octanol–water partition coefficient (Wildman–Crippen LogP) is 2.52. The van der Waals surface area contributed by atoms with Gasteiger partial charge in [-0.15, -0.1) is 0 Å². The molecule has 4 aromatic heterocycles. The van der Waals surface area contributed by atoms with Crippen LogP contribution in [0.4, 0.5) is 11.9 Å². The van der Waals surface area contributed by atoms with Crippen molar-refractivity contribution in [3.8, 4) is 0 Å². The van der Waals surface area contributed by atoms with Crippen molar-refractivity contribution in [1.29, 1.82) is 0 Å². The van der Waals surface area contributed by atoms with Crippen LogP contribution in [-0.4, -0.2) is 116 Å². The van der Waals surface area contributed by atoms with E-state index >= 15 is 0 Å². The van der Waals surface area contributed by atoms with Crippen molar-refractivity contribution in [1.82, 2.24) is 39.0 Å². The number of hydrogen-bond acceptors (Lipinski definition) is 18. The second-order valence-corrected chi connectivity index (χ2v) is 31.8. The van der Waals surface area contributed by atoms with E-state index in [2.05, 4.69) is 71.4 Å². The highest BCUT2D eigenvalue weighted by atomic mass is 32.9. The predicted molar refractivity (Wildman–Crippen MR) is 223 cm³/mol. The average molecular weight is 888 g/mol. The van der Waals surface area contributed by atoms with E-state index in [4.69, 9.17) is 62.9 Å². The van der Waals surface area contributed by atoms with Crippen molar-refractivity contribution in [3.05, 3.63) is 33.4 Å². The van der Waals surface area contributed by atoms with Gasteiger partial charge in [-0.25, -0.2) is 9.97 Å². The maximum absolute atomic E-state index is 12.7. The Morgan fingerprint density at radius 1 is 0.842 bits per heavy atom. The Labute approximate surface area is 341 Å². The molecule has 0 bridgehead atoms. The van der Waals surface area contributed by atoms with Crippen molar-refractivity contribution in [2.24, 2.45) is 0 Å². The van der Waals surface area contributed by atoms with Gasteiger partial charge in [0.05, 0.1) is 31.6 Å². The number of rotatable bonds is 12. The van der Waals surface area contributed by atoms with Crippen molar-refractivity contribution < 1.29 is 37.6 Å². The summed E-state index contributed by atoms with van der Waals surface area (Å²) in [6.45, 7) is 19.7. The lowest BCUT2D eigenvalue weighted by Crippen LogP contribution is -2.49. The lowest BCUT2D eigenvalue weighted by molar-refractivity contribution is -0.0510. The number of nitrogen functional groups attached to an aromatic ring is 2. The zero-order valence-corrected chi connectivity index (χ0v) is 38.0. The highest BCUT2D eigenvalue weighted by Crippen LogP contribution is 2.53. The third kappa shape index (κ3) is 8.56. The molecule has 0 aliphatic carbocycles. The molecule has 2 aliphatic rings. The van der Waals surface area contributed by atoms with Gasteiger partial charge >= 0.3 is 0 Å². The molecule has 57 heavy (non-hydrogen) atoms. The van der Waals surface area contributed by atoms with Gasteiger partial charge in [-0.2, -0.15) is 9.97 Å². The molecule has 2 aliphatic heterocycles. The number of aromatic nitrogens is 8. The van der Waals surface area contributed by atoms with E-state index in [1.165, 1.54) is 21.8 Å². The Balaban J connectivity index is 1.29. The van der Waals surface area contributed by atoms with Gasteiger partial charge < -0.3 is 61.3 Å². The van der Waals surface area contributed by atoms with Crippen LogP contribution in [-0.2, 0) is 51.4 Å². The Morgan fingerprint density at radius 3 is 1.74 bits per heavy atom. The smallest absolute Gasteiger partial charge is 0.280 e. The highest BCUT2D eigenvalue weighted by molar-refractivity contribution is 8.51. The lowest BCUT2D eigenvalue weighted by Gasteiger charge is -2.42. The Bertz CT molecular complexity index is 2290. The zero-order valence-electron chi connectivity index (χ0n) is 33.4. The zero-order chi connectivity index (χ0) is 42.2. The van der Waals surface area contributed by atoms with Crippen LogP contribution in [0, 0.1) is 0 Å². The second-order valence-electron chi connectivity index (χ2n) is 17.4. The minimum atomic E-state index is -3.67. The van der Waals surface area contributed by atoms with E-state index in [-0.39, 0.29) is 50.9 Å². The fourth-order valence-electron chi connectivity index (χ4n) is 6.18. The lowest BCUT2D eigenvalue weighted by atomic mass is 10.1. The van der Waals surface area contributed by atoms with Gasteiger partial charge in [-0.05, 0) is 36.3 Å². The summed E-state index contributed by atoms with van der Waals surface area (Å²) >= 11 is 11.6. The summed E-state index contributed by atoms with van der Waals surface area (Å²) in [7, 11) is -5.16. The van der Waals surface area contributed by atoms with Crippen LogP contribution in [0.5, 0.6) is 0 Å². The van der Waals surface area contributed by atoms with Gasteiger partial charge in [0, 0.05) is 0 Å². The number of ether oxygens (including phenoxy) is 2. The monoisotopic (exact) mass is 887 g/mol. The Kier molecular flexibility index (Phi) is 11.9. The summed E-state index contributed by atoms with van der Waals surface area (Å²) in [5.41, 5.74) is 7.37. The Morgan fingerprint density at radius 2 is 1.28 bits per heavy atom. The molecule has 2 saturated heterocycles. The molecule has 0 saturated carbocycles. The normalized spacial score (nSPS) is 27.5. The van der Waals surface area contributed by atoms with Gasteiger partial charge in [0.25, 0.3) is 11.1 Å². The standard InChI is InChI=1S/C32H53N10O10PS2Si2/c1-31(2,3)56(7,8)51-21-19(44)16(49-27(21)41-13-35-17-23(41)37-29(33)39-25(17)45)12-47-53(54,55)50-20-15(11-43)48-28(22(20)52-57(9,10)32(4,5)6)42-14-36-18-24(42)38-30(34)40-26(18)46/h13-16,19-22,27-28,43-44H,11-12H2,1-10H3,(H,54,55)(H3,33,37,39,45)(H3,34,38,40,46)/p-1. The third-order valence-corrected chi connectivity index (χ3v) is 22.4. The van der Waals surface area contributed by atoms with Crippen LogP contribution in [0.1, 0.15) is 54.0 Å². The molecular formula is C32H52N10O10PS2Si2-. The van der Waals surface area contributed by atoms with Crippen LogP contribution in [0.2, 0.25) is 36.3 Å². The minimum absolute atomic E-state index is 0.0273. The number of nitrogens with one attached hydrogen (secondary N) is 2. The number of H-pyrrole nitrogens is 2. The van der Waals surface area contributed by atoms with Gasteiger partial charge in [0.15, 0.2) is 51.4 Å². The van der Waals surface area contributed by atoms with Crippen molar-refractivity contribution in [2.75, 3.05) is 24.7 Å². The molecule has 8 N–H and O–H groups in total. The van der Waals surface area contributed by atoms with Gasteiger partial charge in [-0.1, -0.05) is 53.3 Å². The quantitative estimate of drug-likeness (QED) is 0.0677. The number of nitrogens with two attached hydrogens (primary N) is 2. The van der Waals surface area contributed by atoms with Gasteiger partial charge in [0.2, 0.25) is 11.9 Å². The number of hydrogen-bond donors (Lipinski definition) is 6. The van der Waals surface area contributed by atoms with E-state index in [0.717, 1.165) is 0 Å². The fourth-order valence-corrected chi connectivity index (χ4v) is 10.7. The van der Waals surface area contributed by atoms with E-state index < -0.39 is 89.1 Å². The van der Waals surface area contributed by atoms with Crippen LogP contribution >= 0.6 is 5.69 Å². The van der Waals surface area contributed by atoms with E-state index in [0.29, 0.717) is 0 Å². The first kappa shape index (κ1) is 44.0. The summed E-state index contributed by atoms with van der Waals surface area (Å²) in [4.78, 5) is 47.2. The van der Waals surface area contributed by atoms with Crippen molar-refractivity contribution >= 4 is 80.6 Å². The van der Waals surface area contributed by atoms with Crippen LogP contribution in [0.3, 0.4) is 0 Å². The number of imidazole rings is 2. The number of aliphatic hydroxyl groups excluding tert-OH is 2. The highest BCUT2D eigenvalue weighted by Gasteiger charge is 2.54. The molecule has 0 spiro atoms. The van der Waals surface area contributed by atoms with E-state index in [1.807, 2.05) is 26.2 Å². The molecule has 4 aromatic rings. The largest absolute Gasteiger partial charge is 0.691 e. The summed E-state index contributed by atoms with van der Waals surface area (Å²) in [6, 6.07) is 0. The van der Waals surface area contributed by atoms with Crippen LogP contribution in [0.15, 0.2) is 22.2 Å². The number of nitrogens with zero attached hydrogens (tertiary/aromatic N) is 6. The first-order valence-electron chi connectivity index (χ1n) is 18.3. The summed E-state index contributed by atoms with van der Waals surface area (Å²) < 4.78 is 42.0. The molecule has 316 valence electrons. The average Bonchev–Trinajstić information content (AvgIpc) is 3.83. The molecule has 20 nitrogen and oxygen atoms in total. The van der Waals surface area contributed by atoms with Crippen LogP contribution in [0.25, 0.3) is 22.3 Å². The topological polar surface area (TPSA) is 275 Å². The van der Waals surface area contributed by atoms with E-state index in [1.54, 1.807) is 0 Å². The van der Waals surface area contributed by atoms with Gasteiger partial charge in [0.1, 0.15) is 36.6 Å². The molecular weight excluding hydrogens is 836 g/mol.